The second kappa shape index (κ2) is 22.5. The molecule has 0 unspecified atom stereocenters. The molecule has 0 aromatic heterocycles. The maximum Gasteiger partial charge on any atom is 0.247 e. The highest BCUT2D eigenvalue weighted by Gasteiger charge is 2.41. The van der Waals surface area contributed by atoms with Crippen LogP contribution in [0.3, 0.4) is 0 Å². The van der Waals surface area contributed by atoms with Gasteiger partial charge in [0, 0.05) is 37.1 Å². The lowest BCUT2D eigenvalue weighted by molar-refractivity contribution is -0.138. The van der Waals surface area contributed by atoms with Gasteiger partial charge in [-0.3, -0.25) is 14.4 Å². The molecule has 0 saturated carbocycles. The van der Waals surface area contributed by atoms with Crippen molar-refractivity contribution < 1.29 is 43.5 Å². The lowest BCUT2D eigenvalue weighted by atomic mass is 9.87. The van der Waals surface area contributed by atoms with Gasteiger partial charge in [-0.05, 0) is 77.4 Å². The largest absolute Gasteiger partial charge is 0.497 e. The first-order valence-electron chi connectivity index (χ1n) is 18.0. The predicted octanol–water partition coefficient (Wildman–Crippen LogP) is 6.04. The zero-order valence-corrected chi connectivity index (χ0v) is 32.6. The molecule has 2 amide bonds. The molecule has 3 rings (SSSR count). The predicted molar refractivity (Wildman–Crippen MR) is 205 cm³/mol. The molecule has 1 aliphatic rings. The molecule has 3 N–H and O–H groups in total. The van der Waals surface area contributed by atoms with Crippen molar-refractivity contribution in [1.82, 2.24) is 10.2 Å². The number of hydrogen-bond donors (Lipinski definition) is 3. The molecule has 3 atom stereocenters. The zero-order valence-electron chi connectivity index (χ0n) is 30.5. The third-order valence-electron chi connectivity index (χ3n) is 9.18. The number of ether oxygens (including phenoxy) is 4. The summed E-state index contributed by atoms with van der Waals surface area (Å²) >= 11 is 2.03. The molecule has 2 aromatic carbocycles. The molecule has 0 fully saturated rings. The Morgan fingerprint density at radius 2 is 1.65 bits per heavy atom. The number of aliphatic hydroxyl groups is 2. The van der Waals surface area contributed by atoms with Gasteiger partial charge in [-0.25, -0.2) is 0 Å². The van der Waals surface area contributed by atoms with Gasteiger partial charge >= 0.3 is 0 Å². The number of amides is 2. The Morgan fingerprint density at radius 1 is 0.961 bits per heavy atom. The fraction of sp³-hybridized carbons (Fsp3) is 0.564. The molecular weight excluding hydrogens is 767 g/mol. The molecule has 0 heterocycles. The SMILES string of the molecule is CCCCCCCCCCCC(=O)N(CCc1cc(OC)ccc1OC)[C@@H]1CC(C(=O)NCCO)=C[C@H](Oc2c(I)cc(C=O)cc2OC)[C@H]1O. The van der Waals surface area contributed by atoms with Crippen LogP contribution in [0, 0.1) is 3.57 Å². The van der Waals surface area contributed by atoms with Crippen molar-refractivity contribution in [1.29, 1.82) is 0 Å². The van der Waals surface area contributed by atoms with E-state index in [1.165, 1.54) is 39.2 Å². The van der Waals surface area contributed by atoms with Gasteiger partial charge in [-0.15, -0.1) is 0 Å². The van der Waals surface area contributed by atoms with E-state index in [9.17, 15) is 24.6 Å². The number of carbonyl (C=O) groups is 3. The van der Waals surface area contributed by atoms with Crippen molar-refractivity contribution in [3.05, 3.63) is 56.7 Å². The van der Waals surface area contributed by atoms with Gasteiger partial charge in [0.2, 0.25) is 11.8 Å². The fourth-order valence-electron chi connectivity index (χ4n) is 6.36. The number of hydrogen-bond acceptors (Lipinski definition) is 9. The molecular formula is C39H55IN2O9. The van der Waals surface area contributed by atoms with Gasteiger partial charge in [-0.2, -0.15) is 0 Å². The monoisotopic (exact) mass is 822 g/mol. The summed E-state index contributed by atoms with van der Waals surface area (Å²) in [6, 6.07) is 7.86. The second-order valence-electron chi connectivity index (χ2n) is 12.8. The number of aldehydes is 1. The van der Waals surface area contributed by atoms with Crippen molar-refractivity contribution in [3.8, 4) is 23.0 Å². The quantitative estimate of drug-likeness (QED) is 0.0695. The fourth-order valence-corrected chi connectivity index (χ4v) is 7.11. The molecule has 0 bridgehead atoms. The molecule has 11 nitrogen and oxygen atoms in total. The highest BCUT2D eigenvalue weighted by Crippen LogP contribution is 2.37. The normalized spacial score (nSPS) is 16.9. The third-order valence-corrected chi connectivity index (χ3v) is 9.98. The van der Waals surface area contributed by atoms with Gasteiger partial charge in [-0.1, -0.05) is 58.3 Å². The van der Waals surface area contributed by atoms with Crippen LogP contribution in [-0.2, 0) is 16.0 Å². The molecule has 1 aliphatic carbocycles. The lowest BCUT2D eigenvalue weighted by Crippen LogP contribution is -2.55. The standard InChI is InChI=1S/C39H55IN2O9/c1-5-6-7-8-9-10-11-12-13-14-36(45)42(19-17-28-23-30(48-2)15-16-33(28)49-3)32-24-29(39(47)41-18-20-43)25-34(37(32)46)51-38-31(40)21-27(26-44)22-35(38)50-4/h15-16,21-23,25-26,32,34,37,43,46H,5-14,17-20,24H2,1-4H3,(H,41,47)/t32-,34+,37+/m1/s1. The van der Waals surface area contributed by atoms with E-state index in [-0.39, 0.29) is 32.0 Å². The van der Waals surface area contributed by atoms with Crippen LogP contribution in [0.15, 0.2) is 42.0 Å². The molecule has 2 aromatic rings. The number of carbonyl (C=O) groups excluding carboxylic acids is 3. The minimum Gasteiger partial charge on any atom is -0.497 e. The van der Waals surface area contributed by atoms with Crippen LogP contribution in [0.2, 0.25) is 0 Å². The Kier molecular flexibility index (Phi) is 18.6. The van der Waals surface area contributed by atoms with E-state index in [4.69, 9.17) is 18.9 Å². The first-order valence-corrected chi connectivity index (χ1v) is 19.1. The summed E-state index contributed by atoms with van der Waals surface area (Å²) in [4.78, 5) is 40.7. The minimum atomic E-state index is -1.22. The second-order valence-corrected chi connectivity index (χ2v) is 13.9. The summed E-state index contributed by atoms with van der Waals surface area (Å²) in [5.74, 6) is 1.35. The summed E-state index contributed by atoms with van der Waals surface area (Å²) in [6.45, 7) is 2.26. The van der Waals surface area contributed by atoms with Gasteiger partial charge in [0.1, 0.15) is 30.0 Å². The summed E-state index contributed by atoms with van der Waals surface area (Å²) in [7, 11) is 4.63. The summed E-state index contributed by atoms with van der Waals surface area (Å²) in [6.07, 6.45) is 10.8. The maximum atomic E-state index is 14.1. The highest BCUT2D eigenvalue weighted by molar-refractivity contribution is 14.1. The first-order chi connectivity index (χ1) is 24.7. The number of unbranched alkanes of at least 4 members (excludes halogenated alkanes) is 8. The van der Waals surface area contributed by atoms with Gasteiger partial charge in [0.05, 0.1) is 37.5 Å². The van der Waals surface area contributed by atoms with E-state index < -0.39 is 24.2 Å². The van der Waals surface area contributed by atoms with Crippen molar-refractivity contribution >= 4 is 40.7 Å². The number of halogens is 1. The van der Waals surface area contributed by atoms with Crippen LogP contribution < -0.4 is 24.3 Å². The molecule has 0 aliphatic heterocycles. The zero-order chi connectivity index (χ0) is 37.2. The van der Waals surface area contributed by atoms with Gasteiger partial charge in [0.25, 0.3) is 0 Å². The number of benzene rings is 2. The van der Waals surface area contributed by atoms with Crippen molar-refractivity contribution in [2.45, 2.75) is 102 Å². The van der Waals surface area contributed by atoms with E-state index in [0.29, 0.717) is 63.3 Å². The van der Waals surface area contributed by atoms with Gasteiger partial charge < -0.3 is 39.4 Å². The van der Waals surface area contributed by atoms with Crippen LogP contribution in [0.4, 0.5) is 0 Å². The Balaban J connectivity index is 1.92. The van der Waals surface area contributed by atoms with Gasteiger partial charge in [0.15, 0.2) is 11.5 Å². The summed E-state index contributed by atoms with van der Waals surface area (Å²) in [5, 5.41) is 24.1. The highest BCUT2D eigenvalue weighted by atomic mass is 127. The Labute approximate surface area is 316 Å². The Bertz CT molecular complexity index is 1450. The maximum absolute atomic E-state index is 14.1. The number of rotatable bonds is 23. The van der Waals surface area contributed by atoms with E-state index >= 15 is 0 Å². The third kappa shape index (κ3) is 12.7. The molecule has 12 heteroatoms. The van der Waals surface area contributed by atoms with Crippen LogP contribution in [0.1, 0.15) is 93.5 Å². The summed E-state index contributed by atoms with van der Waals surface area (Å²) in [5.41, 5.74) is 1.55. The van der Waals surface area contributed by atoms with Crippen molar-refractivity contribution in [3.63, 3.8) is 0 Å². The van der Waals surface area contributed by atoms with Crippen LogP contribution >= 0.6 is 22.6 Å². The van der Waals surface area contributed by atoms with E-state index in [2.05, 4.69) is 12.2 Å². The molecule has 282 valence electrons. The molecule has 51 heavy (non-hydrogen) atoms. The first kappa shape index (κ1) is 42.1. The molecule has 0 spiro atoms. The van der Waals surface area contributed by atoms with Crippen LogP contribution in [-0.4, -0.2) is 92.5 Å². The van der Waals surface area contributed by atoms with E-state index in [1.54, 1.807) is 43.4 Å². The van der Waals surface area contributed by atoms with E-state index in [1.807, 2.05) is 34.7 Å². The smallest absolute Gasteiger partial charge is 0.247 e. The summed E-state index contributed by atoms with van der Waals surface area (Å²) < 4.78 is 23.5. The van der Waals surface area contributed by atoms with E-state index in [0.717, 1.165) is 24.8 Å². The number of nitrogens with zero attached hydrogens (tertiary/aromatic N) is 1. The van der Waals surface area contributed by atoms with Crippen molar-refractivity contribution in [2.24, 2.45) is 0 Å². The molecule has 0 saturated heterocycles. The average Bonchev–Trinajstić information content (AvgIpc) is 3.14. The van der Waals surface area contributed by atoms with Crippen molar-refractivity contribution in [2.75, 3.05) is 41.0 Å². The molecule has 0 radical (unpaired) electrons. The number of methoxy groups -OCH3 is 3. The number of nitrogens with one attached hydrogen (secondary N) is 1. The Morgan fingerprint density at radius 3 is 2.27 bits per heavy atom. The average molecular weight is 823 g/mol. The van der Waals surface area contributed by atoms with Crippen LogP contribution in [0.5, 0.6) is 23.0 Å². The van der Waals surface area contributed by atoms with Crippen LogP contribution in [0.25, 0.3) is 0 Å². The number of aliphatic hydroxyl groups excluding tert-OH is 2. The lowest BCUT2D eigenvalue weighted by Gasteiger charge is -2.41. The topological polar surface area (TPSA) is 144 Å². The Hall–Kier alpha value is -3.36. The minimum absolute atomic E-state index is 0.0463.